The van der Waals surface area contributed by atoms with Crippen LogP contribution in [0, 0.1) is 36.3 Å². The Morgan fingerprint density at radius 1 is 0.968 bits per heavy atom. The summed E-state index contributed by atoms with van der Waals surface area (Å²) in [5, 5.41) is 0. The topological polar surface area (TPSA) is 26.3 Å². The van der Waals surface area contributed by atoms with Crippen LogP contribution < -0.4 is 4.74 Å². The van der Waals surface area contributed by atoms with Crippen molar-refractivity contribution in [2.75, 3.05) is 0 Å². The van der Waals surface area contributed by atoms with Crippen LogP contribution in [0.15, 0.2) is 48.6 Å². The van der Waals surface area contributed by atoms with E-state index in [4.69, 9.17) is 4.74 Å². The Hall–Kier alpha value is -2.49. The van der Waals surface area contributed by atoms with Crippen LogP contribution in [-0.4, -0.2) is 5.97 Å². The zero-order valence-electron chi connectivity index (χ0n) is 18.2. The summed E-state index contributed by atoms with van der Waals surface area (Å²) in [7, 11) is 0. The lowest BCUT2D eigenvalue weighted by Gasteiger charge is -2.41. The van der Waals surface area contributed by atoms with Crippen molar-refractivity contribution < 1.29 is 18.3 Å². The predicted octanol–water partition coefficient (Wildman–Crippen LogP) is 7.37. The summed E-state index contributed by atoms with van der Waals surface area (Å²) in [6, 6.07) is 8.93. The van der Waals surface area contributed by atoms with Gasteiger partial charge >= 0.3 is 5.97 Å². The number of allylic oxidation sites excluding steroid dienone is 2. The first-order valence-electron chi connectivity index (χ1n) is 11.3. The fraction of sp³-hybridized carbons (Fsp3) is 0.444. The minimum atomic E-state index is -0.751. The Balaban J connectivity index is 1.43. The van der Waals surface area contributed by atoms with Gasteiger partial charge in [0.2, 0.25) is 0 Å². The van der Waals surface area contributed by atoms with Crippen LogP contribution in [0.4, 0.5) is 8.78 Å². The number of carbonyl (C=O) groups excluding carboxylic acids is 1. The molecule has 31 heavy (non-hydrogen) atoms. The summed E-state index contributed by atoms with van der Waals surface area (Å²) in [4.78, 5) is 12.4. The highest BCUT2D eigenvalue weighted by Crippen LogP contribution is 2.48. The third-order valence-electron chi connectivity index (χ3n) is 7.08. The minimum Gasteiger partial charge on any atom is -0.420 e. The quantitative estimate of drug-likeness (QED) is 0.291. The molecule has 2 aromatic carbocycles. The monoisotopic (exact) mass is 424 g/mol. The van der Waals surface area contributed by atoms with Gasteiger partial charge in [-0.25, -0.2) is 13.6 Å². The molecule has 4 rings (SSSR count). The third kappa shape index (κ3) is 4.89. The van der Waals surface area contributed by atoms with E-state index in [1.165, 1.54) is 37.5 Å². The average Bonchev–Trinajstić information content (AvgIpc) is 2.75. The summed E-state index contributed by atoms with van der Waals surface area (Å²) >= 11 is 0. The van der Waals surface area contributed by atoms with Crippen LogP contribution in [0.3, 0.4) is 0 Å². The maximum Gasteiger partial charge on any atom is 0.343 e. The SMILES string of the molecule is C/C=C/C1CCC2CC(c3ccc(C(=O)Oc4ccc(C)cc4F)cc3F)CCC2C1. The number of benzene rings is 2. The molecular formula is C27H30F2O2. The average molecular weight is 425 g/mol. The van der Waals surface area contributed by atoms with Crippen molar-refractivity contribution in [3.05, 3.63) is 76.9 Å². The van der Waals surface area contributed by atoms with E-state index in [-0.39, 0.29) is 23.0 Å². The van der Waals surface area contributed by atoms with E-state index in [9.17, 15) is 13.6 Å². The molecule has 4 unspecified atom stereocenters. The summed E-state index contributed by atoms with van der Waals surface area (Å²) < 4.78 is 34.1. The van der Waals surface area contributed by atoms with E-state index in [0.717, 1.165) is 30.7 Å². The van der Waals surface area contributed by atoms with E-state index in [1.807, 2.05) is 0 Å². The number of esters is 1. The zero-order valence-corrected chi connectivity index (χ0v) is 18.2. The van der Waals surface area contributed by atoms with Gasteiger partial charge in [-0.2, -0.15) is 0 Å². The van der Waals surface area contributed by atoms with Crippen LogP contribution in [0.2, 0.25) is 0 Å². The predicted molar refractivity (Wildman–Crippen MR) is 118 cm³/mol. The molecular weight excluding hydrogens is 394 g/mol. The number of hydrogen-bond acceptors (Lipinski definition) is 2. The molecule has 2 fully saturated rings. The summed E-state index contributed by atoms with van der Waals surface area (Å²) in [6.45, 7) is 3.84. The second kappa shape index (κ2) is 9.33. The van der Waals surface area contributed by atoms with Gasteiger partial charge in [-0.3, -0.25) is 0 Å². The van der Waals surface area contributed by atoms with Crippen molar-refractivity contribution in [2.24, 2.45) is 17.8 Å². The molecule has 0 aromatic heterocycles. The Morgan fingerprint density at radius 3 is 2.48 bits per heavy atom. The minimum absolute atomic E-state index is 0.0989. The fourth-order valence-corrected chi connectivity index (χ4v) is 5.49. The van der Waals surface area contributed by atoms with Crippen LogP contribution >= 0.6 is 0 Å². The molecule has 4 heteroatoms. The Morgan fingerprint density at radius 2 is 1.74 bits per heavy atom. The standard InChI is InChI=1S/C27H30F2O2/c1-3-4-18-6-7-20-15-21(9-8-19(20)14-18)23-11-10-22(16-24(23)28)27(30)31-26-12-5-17(2)13-25(26)29/h3-5,10-13,16,18-21H,6-9,14-15H2,1-2H3/b4-3+. The molecule has 0 aliphatic heterocycles. The molecule has 2 nitrogen and oxygen atoms in total. The maximum atomic E-state index is 15.0. The Bertz CT molecular complexity index is 981. The second-order valence-electron chi connectivity index (χ2n) is 9.19. The number of ether oxygens (including phenoxy) is 1. The fourth-order valence-electron chi connectivity index (χ4n) is 5.49. The van der Waals surface area contributed by atoms with Gasteiger partial charge in [0.05, 0.1) is 5.56 Å². The highest BCUT2D eigenvalue weighted by Gasteiger charge is 2.36. The molecule has 164 valence electrons. The van der Waals surface area contributed by atoms with Gasteiger partial charge in [-0.15, -0.1) is 0 Å². The van der Waals surface area contributed by atoms with Crippen LogP contribution in [0.25, 0.3) is 0 Å². The van der Waals surface area contributed by atoms with E-state index in [1.54, 1.807) is 25.1 Å². The van der Waals surface area contributed by atoms with Crippen molar-refractivity contribution in [3.8, 4) is 5.75 Å². The Labute approximate surface area is 183 Å². The number of hydrogen-bond donors (Lipinski definition) is 0. The molecule has 2 aromatic rings. The third-order valence-corrected chi connectivity index (χ3v) is 7.08. The molecule has 0 spiro atoms. The number of rotatable bonds is 4. The van der Waals surface area contributed by atoms with Gasteiger partial charge in [0.1, 0.15) is 5.82 Å². The lowest BCUT2D eigenvalue weighted by atomic mass is 9.64. The van der Waals surface area contributed by atoms with Crippen molar-refractivity contribution in [2.45, 2.75) is 58.3 Å². The van der Waals surface area contributed by atoms with Crippen LogP contribution in [-0.2, 0) is 0 Å². The van der Waals surface area contributed by atoms with Gasteiger partial charge in [-0.05, 0) is 111 Å². The summed E-state index contributed by atoms with van der Waals surface area (Å²) in [5.74, 6) is 0.423. The molecule has 2 aliphatic rings. The lowest BCUT2D eigenvalue weighted by Crippen LogP contribution is -2.30. The molecule has 4 atom stereocenters. The van der Waals surface area contributed by atoms with Crippen molar-refractivity contribution in [3.63, 3.8) is 0 Å². The molecule has 0 bridgehead atoms. The second-order valence-corrected chi connectivity index (χ2v) is 9.19. The van der Waals surface area contributed by atoms with E-state index < -0.39 is 11.8 Å². The molecule has 2 aliphatic carbocycles. The summed E-state index contributed by atoms with van der Waals surface area (Å²) in [5.41, 5.74) is 1.52. The molecule has 0 heterocycles. The van der Waals surface area contributed by atoms with E-state index in [0.29, 0.717) is 17.4 Å². The maximum absolute atomic E-state index is 15.0. The number of aryl methyl sites for hydroxylation is 1. The first-order valence-corrected chi connectivity index (χ1v) is 11.3. The van der Waals surface area contributed by atoms with Crippen LogP contribution in [0.1, 0.15) is 72.9 Å². The summed E-state index contributed by atoms with van der Waals surface area (Å²) in [6.07, 6.45) is 11.3. The molecule has 0 amide bonds. The largest absolute Gasteiger partial charge is 0.420 e. The normalized spacial score (nSPS) is 25.9. The van der Waals surface area contributed by atoms with E-state index >= 15 is 0 Å². The highest BCUT2D eigenvalue weighted by atomic mass is 19.1. The van der Waals surface area contributed by atoms with Crippen molar-refractivity contribution in [1.82, 2.24) is 0 Å². The molecule has 0 saturated heterocycles. The Kier molecular flexibility index (Phi) is 6.54. The lowest BCUT2D eigenvalue weighted by molar-refractivity contribution is 0.0727. The number of fused-ring (bicyclic) bond motifs is 1. The molecule has 0 N–H and O–H groups in total. The number of halogens is 2. The molecule has 0 radical (unpaired) electrons. The molecule has 2 saturated carbocycles. The van der Waals surface area contributed by atoms with Crippen molar-refractivity contribution >= 4 is 5.97 Å². The smallest absolute Gasteiger partial charge is 0.343 e. The van der Waals surface area contributed by atoms with Crippen LogP contribution in [0.5, 0.6) is 5.75 Å². The first kappa shape index (κ1) is 21.7. The van der Waals surface area contributed by atoms with Gasteiger partial charge in [-0.1, -0.05) is 24.3 Å². The van der Waals surface area contributed by atoms with Gasteiger partial charge in [0, 0.05) is 0 Å². The highest BCUT2D eigenvalue weighted by molar-refractivity contribution is 5.91. The van der Waals surface area contributed by atoms with Gasteiger partial charge in [0.15, 0.2) is 11.6 Å². The van der Waals surface area contributed by atoms with Crippen molar-refractivity contribution in [1.29, 1.82) is 0 Å². The van der Waals surface area contributed by atoms with E-state index in [2.05, 4.69) is 19.1 Å². The zero-order chi connectivity index (χ0) is 22.0. The first-order chi connectivity index (χ1) is 14.9. The van der Waals surface area contributed by atoms with Gasteiger partial charge in [0.25, 0.3) is 0 Å². The number of carbonyl (C=O) groups is 1. The van der Waals surface area contributed by atoms with Gasteiger partial charge < -0.3 is 4.74 Å².